The lowest BCUT2D eigenvalue weighted by atomic mass is 10.0. The molecule has 2 atom stereocenters. The Morgan fingerprint density at radius 2 is 1.06 bits per heavy atom. The fourth-order valence-corrected chi connectivity index (χ4v) is 5.73. The molecule has 0 spiro atoms. The van der Waals surface area contributed by atoms with Crippen molar-refractivity contribution in [2.45, 2.75) is 141 Å². The lowest BCUT2D eigenvalue weighted by Gasteiger charge is -2.39. The number of hydrogen-bond acceptors (Lipinski definition) is 2. The zero-order valence-corrected chi connectivity index (χ0v) is 22.7. The molecule has 0 saturated heterocycles. The van der Waals surface area contributed by atoms with Gasteiger partial charge in [-0.1, -0.05) is 108 Å². The van der Waals surface area contributed by atoms with E-state index in [0.717, 1.165) is 19.3 Å². The maximum Gasteiger partial charge on any atom is 0.376 e. The molecule has 31 heavy (non-hydrogen) atoms. The van der Waals surface area contributed by atoms with Gasteiger partial charge in [-0.05, 0) is 32.1 Å². The summed E-state index contributed by atoms with van der Waals surface area (Å²) in [7, 11) is 3.63. The molecule has 3 nitrogen and oxygen atoms in total. The van der Waals surface area contributed by atoms with Crippen molar-refractivity contribution in [2.75, 3.05) is 21.1 Å². The third-order valence-corrected chi connectivity index (χ3v) is 8.81. The highest BCUT2D eigenvalue weighted by atomic mass is 31.1. The molecule has 2 unspecified atom stereocenters. The minimum Gasteiger partial charge on any atom is -0.590 e. The van der Waals surface area contributed by atoms with Crippen LogP contribution in [0, 0.1) is 0 Å². The van der Waals surface area contributed by atoms with Crippen LogP contribution in [-0.4, -0.2) is 30.9 Å². The molecule has 0 aromatic rings. The lowest BCUT2D eigenvalue weighted by Crippen LogP contribution is -2.55. The van der Waals surface area contributed by atoms with Gasteiger partial charge in [0, 0.05) is 12.8 Å². The van der Waals surface area contributed by atoms with Crippen LogP contribution in [0.3, 0.4) is 0 Å². The van der Waals surface area contributed by atoms with E-state index in [4.69, 9.17) is 0 Å². The summed E-state index contributed by atoms with van der Waals surface area (Å²) in [5, 5.41) is -0.598. The van der Waals surface area contributed by atoms with Crippen molar-refractivity contribution in [1.29, 1.82) is 0 Å². The van der Waals surface area contributed by atoms with Gasteiger partial charge >= 0.3 is 8.03 Å². The zero-order valence-electron chi connectivity index (χ0n) is 21.8. The van der Waals surface area contributed by atoms with E-state index in [1.54, 1.807) is 0 Å². The molecule has 0 aliphatic carbocycles. The minimum absolute atomic E-state index is 0.511. The van der Waals surface area contributed by atoms with Gasteiger partial charge in [0.25, 0.3) is 5.28 Å². The number of hydrogen-bond donors (Lipinski definition) is 0. The van der Waals surface area contributed by atoms with E-state index >= 15 is 0 Å². The van der Waals surface area contributed by atoms with Crippen LogP contribution in [0.2, 0.25) is 0 Å². The van der Waals surface area contributed by atoms with E-state index in [1.165, 1.54) is 96.3 Å². The first-order valence-electron chi connectivity index (χ1n) is 13.4. The third kappa shape index (κ3) is 14.5. The number of quaternary nitrogens is 1. The highest BCUT2D eigenvalue weighted by Crippen LogP contribution is 2.44. The molecule has 0 bridgehead atoms. The van der Waals surface area contributed by atoms with E-state index in [0.29, 0.717) is 10.9 Å². The Kier molecular flexibility index (Phi) is 19.1. The highest BCUT2D eigenvalue weighted by molar-refractivity contribution is 7.38. The van der Waals surface area contributed by atoms with Crippen molar-refractivity contribution in [3.8, 4) is 0 Å². The smallest absolute Gasteiger partial charge is 0.376 e. The number of rotatable bonds is 22. The molecule has 0 N–H and O–H groups in total. The minimum atomic E-state index is -2.41. The summed E-state index contributed by atoms with van der Waals surface area (Å²) >= 11 is 0. The maximum atomic E-state index is 11.9. The van der Waals surface area contributed by atoms with Crippen molar-refractivity contribution >= 4 is 8.03 Å². The molecular formula is C27H55NO2P+. The molecule has 0 radical (unpaired) electrons. The zero-order chi connectivity index (χ0) is 23.4. The van der Waals surface area contributed by atoms with Gasteiger partial charge in [-0.3, -0.25) is 4.48 Å². The van der Waals surface area contributed by atoms with Gasteiger partial charge in [-0.15, -0.1) is 0 Å². The summed E-state index contributed by atoms with van der Waals surface area (Å²) < 4.78 is 12.5. The Morgan fingerprint density at radius 3 is 1.42 bits per heavy atom. The van der Waals surface area contributed by atoms with Crippen LogP contribution < -0.4 is 4.89 Å². The van der Waals surface area contributed by atoms with Crippen LogP contribution in [0.1, 0.15) is 136 Å². The van der Waals surface area contributed by atoms with Crippen LogP contribution in [-0.2, 0) is 4.57 Å². The largest absolute Gasteiger partial charge is 0.590 e. The molecular weight excluding hydrogens is 401 g/mol. The van der Waals surface area contributed by atoms with E-state index in [1.807, 2.05) is 28.1 Å². The molecule has 0 heterocycles. The first-order valence-corrected chi connectivity index (χ1v) is 14.6. The highest BCUT2D eigenvalue weighted by Gasteiger charge is 2.52. The molecule has 0 amide bonds. The second kappa shape index (κ2) is 19.2. The van der Waals surface area contributed by atoms with Gasteiger partial charge in [-0.2, -0.15) is 0 Å². The lowest BCUT2D eigenvalue weighted by molar-refractivity contribution is -0.910. The first-order chi connectivity index (χ1) is 14.8. The Bertz CT molecular complexity index is 459. The third-order valence-electron chi connectivity index (χ3n) is 6.99. The van der Waals surface area contributed by atoms with Crippen molar-refractivity contribution in [1.82, 2.24) is 0 Å². The molecule has 0 aromatic heterocycles. The molecule has 0 saturated carbocycles. The molecule has 0 aliphatic rings. The van der Waals surface area contributed by atoms with E-state index < -0.39 is 13.3 Å². The van der Waals surface area contributed by atoms with Crippen molar-refractivity contribution < 1.29 is 13.9 Å². The summed E-state index contributed by atoms with van der Waals surface area (Å²) in [4.78, 5) is 11.9. The second-order valence-electron chi connectivity index (χ2n) is 10.4. The summed E-state index contributed by atoms with van der Waals surface area (Å²) in [5.74, 6) is 0. The van der Waals surface area contributed by atoms with Crippen LogP contribution >= 0.6 is 8.03 Å². The number of allylic oxidation sites excluding steroid dienone is 2. The van der Waals surface area contributed by atoms with Gasteiger partial charge in [0.05, 0.1) is 21.1 Å². The molecule has 184 valence electrons. The van der Waals surface area contributed by atoms with Gasteiger partial charge in [0.1, 0.15) is 0 Å². The van der Waals surface area contributed by atoms with Gasteiger partial charge < -0.3 is 4.89 Å². The summed E-state index contributed by atoms with van der Waals surface area (Å²) in [5.41, 5.74) is 0. The Morgan fingerprint density at radius 1 is 0.677 bits per heavy atom. The van der Waals surface area contributed by atoms with Gasteiger partial charge in [0.15, 0.2) is 0 Å². The topological polar surface area (TPSA) is 40.1 Å². The Hall–Kier alpha value is -0.240. The number of nitrogens with zero attached hydrogens (tertiary/aromatic N) is 1. The maximum absolute atomic E-state index is 11.9. The normalized spacial score (nSPS) is 14.8. The summed E-state index contributed by atoms with van der Waals surface area (Å²) in [6.45, 7) is 4.29. The van der Waals surface area contributed by atoms with Crippen LogP contribution in [0.25, 0.3) is 0 Å². The van der Waals surface area contributed by atoms with E-state index in [-0.39, 0.29) is 0 Å². The van der Waals surface area contributed by atoms with Crippen LogP contribution in [0.15, 0.2) is 12.2 Å². The summed E-state index contributed by atoms with van der Waals surface area (Å²) in [6.07, 6.45) is 28.6. The van der Waals surface area contributed by atoms with E-state index in [9.17, 15) is 9.46 Å². The van der Waals surface area contributed by atoms with Crippen molar-refractivity contribution in [3.63, 3.8) is 0 Å². The summed E-state index contributed by atoms with van der Waals surface area (Å²) in [6, 6.07) is 0. The Labute approximate surface area is 196 Å². The second-order valence-corrected chi connectivity index (χ2v) is 11.7. The molecule has 0 fully saturated rings. The van der Waals surface area contributed by atoms with E-state index in [2.05, 4.69) is 19.1 Å². The van der Waals surface area contributed by atoms with Gasteiger partial charge in [0.2, 0.25) is 0 Å². The molecule has 0 rings (SSSR count). The monoisotopic (exact) mass is 456 g/mol. The molecule has 4 heteroatoms. The van der Waals surface area contributed by atoms with Crippen molar-refractivity contribution in [3.05, 3.63) is 12.2 Å². The van der Waals surface area contributed by atoms with Gasteiger partial charge in [-0.25, -0.2) is 0 Å². The predicted molar refractivity (Wildman–Crippen MR) is 137 cm³/mol. The standard InChI is InChI=1S/C27H55NO2P/c1-6-8-9-10-11-12-13-14-15-16-17-18-19-20-21-22-23-24-25-26-27(7-2,31(29)30)28(3,4)5/h13-14H,6-12,15-26H2,1-5H3/q+1. The first kappa shape index (κ1) is 30.8. The van der Waals surface area contributed by atoms with Crippen LogP contribution in [0.4, 0.5) is 0 Å². The average Bonchev–Trinajstić information content (AvgIpc) is 2.71. The van der Waals surface area contributed by atoms with Crippen molar-refractivity contribution in [2.24, 2.45) is 0 Å². The number of unbranched alkanes of at least 4 members (excludes halogenated alkanes) is 15. The quantitative estimate of drug-likeness (QED) is 0.0709. The Balaban J connectivity index is 3.54. The van der Waals surface area contributed by atoms with Crippen LogP contribution in [0.5, 0.6) is 0 Å². The molecule has 0 aromatic carbocycles. The fraction of sp³-hybridized carbons (Fsp3) is 0.926. The SMILES string of the molecule is CCCCCCCC=CCCCCCCCCCCCCC(CC)([P+](=O)[O-])[N+](C)(C)C. The fourth-order valence-electron chi connectivity index (χ4n) is 4.64. The predicted octanol–water partition coefficient (Wildman–Crippen LogP) is 8.50. The molecule has 0 aliphatic heterocycles. The average molecular weight is 457 g/mol.